The summed E-state index contributed by atoms with van der Waals surface area (Å²) in [6, 6.07) is 0. The van der Waals surface area contributed by atoms with Crippen LogP contribution >= 0.6 is 0 Å². The van der Waals surface area contributed by atoms with Gasteiger partial charge < -0.3 is 24.8 Å². The van der Waals surface area contributed by atoms with Gasteiger partial charge in [-0.05, 0) is 0 Å². The van der Waals surface area contributed by atoms with Crippen molar-refractivity contribution in [3.63, 3.8) is 0 Å². The second-order valence-electron chi connectivity index (χ2n) is 4.13. The Hall–Kier alpha value is -0.200. The third-order valence-electron chi connectivity index (χ3n) is 3.39. The lowest BCUT2D eigenvalue weighted by Gasteiger charge is -2.13. The lowest BCUT2D eigenvalue weighted by molar-refractivity contribution is -0.0621. The van der Waals surface area contributed by atoms with Crippen molar-refractivity contribution in [2.24, 2.45) is 5.92 Å². The van der Waals surface area contributed by atoms with E-state index >= 15 is 0 Å². The fourth-order valence-electron chi connectivity index (χ4n) is 2.32. The first-order valence-electron chi connectivity index (χ1n) is 4.76. The maximum atomic E-state index is 9.74. The molecule has 0 aromatic rings. The zero-order valence-corrected chi connectivity index (χ0v) is 8.25. The molecule has 0 aromatic heterocycles. The van der Waals surface area contributed by atoms with Gasteiger partial charge in [0.15, 0.2) is 0 Å². The quantitative estimate of drug-likeness (QED) is 0.510. The van der Waals surface area contributed by atoms with E-state index in [1.54, 1.807) is 6.92 Å². The van der Waals surface area contributed by atoms with Crippen LogP contribution in [0, 0.1) is 5.92 Å². The zero-order valence-electron chi connectivity index (χ0n) is 8.25. The monoisotopic (exact) mass is 204 g/mol. The molecule has 0 bridgehead atoms. The van der Waals surface area contributed by atoms with E-state index in [9.17, 15) is 15.3 Å². The fraction of sp³-hybridized carbons (Fsp3) is 1.00. The number of rotatable bonds is 2. The molecule has 2 aliphatic rings. The molecule has 2 rings (SSSR count). The molecule has 3 N–H and O–H groups in total. The van der Waals surface area contributed by atoms with Crippen molar-refractivity contribution in [1.82, 2.24) is 0 Å². The van der Waals surface area contributed by atoms with Gasteiger partial charge in [-0.3, -0.25) is 0 Å². The van der Waals surface area contributed by atoms with Crippen molar-refractivity contribution < 1.29 is 24.8 Å². The van der Waals surface area contributed by atoms with Crippen LogP contribution in [0.4, 0.5) is 0 Å². The number of aliphatic hydroxyl groups excluding tert-OH is 3. The normalized spacial score (nSPS) is 56.8. The van der Waals surface area contributed by atoms with Gasteiger partial charge >= 0.3 is 0 Å². The standard InChI is InChI=1S/C9H16O5/c1-4-7(11)9(4)8(12)6(10)5(14-9)3-13-2/h4-8,10-12H,3H2,1-2H3. The van der Waals surface area contributed by atoms with Gasteiger partial charge in [-0.15, -0.1) is 0 Å². The number of aliphatic hydroxyl groups is 3. The maximum absolute atomic E-state index is 9.74. The van der Waals surface area contributed by atoms with Crippen molar-refractivity contribution in [2.75, 3.05) is 13.7 Å². The van der Waals surface area contributed by atoms with Crippen molar-refractivity contribution in [2.45, 2.75) is 36.9 Å². The first kappa shape index (κ1) is 10.3. The summed E-state index contributed by atoms with van der Waals surface area (Å²) in [7, 11) is 1.50. The first-order chi connectivity index (χ1) is 6.55. The maximum Gasteiger partial charge on any atom is 0.128 e. The topological polar surface area (TPSA) is 79.2 Å². The van der Waals surface area contributed by atoms with E-state index in [2.05, 4.69) is 0 Å². The fourth-order valence-corrected chi connectivity index (χ4v) is 2.32. The summed E-state index contributed by atoms with van der Waals surface area (Å²) in [4.78, 5) is 0. The van der Waals surface area contributed by atoms with E-state index in [1.807, 2.05) is 0 Å². The number of methoxy groups -OCH3 is 1. The van der Waals surface area contributed by atoms with Gasteiger partial charge in [0, 0.05) is 13.0 Å². The second kappa shape index (κ2) is 3.15. The van der Waals surface area contributed by atoms with E-state index in [4.69, 9.17) is 9.47 Å². The smallest absolute Gasteiger partial charge is 0.128 e. The Morgan fingerprint density at radius 3 is 2.21 bits per heavy atom. The molecule has 5 heteroatoms. The molecular formula is C9H16O5. The van der Waals surface area contributed by atoms with Crippen molar-refractivity contribution in [1.29, 1.82) is 0 Å². The Bertz CT molecular complexity index is 223. The molecule has 1 saturated carbocycles. The van der Waals surface area contributed by atoms with Gasteiger partial charge in [-0.1, -0.05) is 6.92 Å². The van der Waals surface area contributed by atoms with Crippen molar-refractivity contribution in [3.8, 4) is 0 Å². The minimum absolute atomic E-state index is 0.131. The second-order valence-corrected chi connectivity index (χ2v) is 4.13. The highest BCUT2D eigenvalue weighted by atomic mass is 16.6. The highest BCUT2D eigenvalue weighted by molar-refractivity contribution is 5.22. The Morgan fingerprint density at radius 2 is 1.86 bits per heavy atom. The summed E-state index contributed by atoms with van der Waals surface area (Å²) < 4.78 is 10.3. The summed E-state index contributed by atoms with van der Waals surface area (Å²) in [5.74, 6) is -0.131. The van der Waals surface area contributed by atoms with Crippen LogP contribution in [-0.4, -0.2) is 59.1 Å². The molecule has 1 heterocycles. The predicted molar refractivity (Wildman–Crippen MR) is 46.7 cm³/mol. The van der Waals surface area contributed by atoms with Crippen LogP contribution in [0.3, 0.4) is 0 Å². The zero-order chi connectivity index (χ0) is 10.5. The van der Waals surface area contributed by atoms with Crippen LogP contribution in [0.1, 0.15) is 6.92 Å². The number of hydrogen-bond acceptors (Lipinski definition) is 5. The molecule has 82 valence electrons. The van der Waals surface area contributed by atoms with Gasteiger partial charge in [0.2, 0.25) is 0 Å². The Labute approximate surface area is 82.3 Å². The van der Waals surface area contributed by atoms with E-state index in [-0.39, 0.29) is 12.5 Å². The molecule has 6 atom stereocenters. The molecule has 0 amide bonds. The lowest BCUT2D eigenvalue weighted by Crippen LogP contribution is -2.36. The summed E-state index contributed by atoms with van der Waals surface area (Å²) in [6.07, 6.45) is -3.23. The van der Waals surface area contributed by atoms with Crippen LogP contribution < -0.4 is 0 Å². The van der Waals surface area contributed by atoms with Crippen LogP contribution in [0.5, 0.6) is 0 Å². The SMILES string of the molecule is COCC1OC2(C(C)C2O)C(O)C1O. The van der Waals surface area contributed by atoms with E-state index in [0.717, 1.165) is 0 Å². The predicted octanol–water partition coefficient (Wildman–Crippen LogP) is -1.50. The van der Waals surface area contributed by atoms with Crippen LogP contribution in [0.15, 0.2) is 0 Å². The molecule has 14 heavy (non-hydrogen) atoms. The van der Waals surface area contributed by atoms with Crippen molar-refractivity contribution in [3.05, 3.63) is 0 Å². The molecule has 0 aromatic carbocycles. The van der Waals surface area contributed by atoms with Gasteiger partial charge in [0.05, 0.1) is 12.7 Å². The summed E-state index contributed by atoms with van der Waals surface area (Å²) in [6.45, 7) is 2.01. The van der Waals surface area contributed by atoms with Crippen LogP contribution in [0.25, 0.3) is 0 Å². The summed E-state index contributed by atoms with van der Waals surface area (Å²) >= 11 is 0. The molecular weight excluding hydrogens is 188 g/mol. The number of hydrogen-bond donors (Lipinski definition) is 3. The van der Waals surface area contributed by atoms with Crippen LogP contribution in [-0.2, 0) is 9.47 Å². The van der Waals surface area contributed by atoms with Gasteiger partial charge in [-0.2, -0.15) is 0 Å². The molecule has 0 radical (unpaired) electrons. The first-order valence-corrected chi connectivity index (χ1v) is 4.76. The molecule has 2 fully saturated rings. The van der Waals surface area contributed by atoms with Gasteiger partial charge in [0.1, 0.15) is 23.9 Å². The molecule has 1 aliphatic carbocycles. The molecule has 1 aliphatic heterocycles. The largest absolute Gasteiger partial charge is 0.390 e. The van der Waals surface area contributed by atoms with Gasteiger partial charge in [-0.25, -0.2) is 0 Å². The number of ether oxygens (including phenoxy) is 2. The molecule has 6 unspecified atom stereocenters. The Morgan fingerprint density at radius 1 is 1.29 bits per heavy atom. The van der Waals surface area contributed by atoms with E-state index in [0.29, 0.717) is 0 Å². The molecule has 1 spiro atoms. The average Bonchev–Trinajstić information content (AvgIpc) is 2.57. The third-order valence-corrected chi connectivity index (χ3v) is 3.39. The Kier molecular flexibility index (Phi) is 2.32. The summed E-state index contributed by atoms with van der Waals surface area (Å²) in [5, 5.41) is 28.9. The van der Waals surface area contributed by atoms with Crippen molar-refractivity contribution >= 4 is 0 Å². The van der Waals surface area contributed by atoms with E-state index in [1.165, 1.54) is 7.11 Å². The minimum atomic E-state index is -1.02. The molecule has 5 nitrogen and oxygen atoms in total. The molecule has 1 saturated heterocycles. The average molecular weight is 204 g/mol. The van der Waals surface area contributed by atoms with Crippen LogP contribution in [0.2, 0.25) is 0 Å². The van der Waals surface area contributed by atoms with Gasteiger partial charge in [0.25, 0.3) is 0 Å². The Balaban J connectivity index is 2.11. The summed E-state index contributed by atoms with van der Waals surface area (Å²) in [5.41, 5.74) is -0.956. The van der Waals surface area contributed by atoms with E-state index < -0.39 is 30.0 Å². The third kappa shape index (κ3) is 1.07. The highest BCUT2D eigenvalue weighted by Gasteiger charge is 2.73. The minimum Gasteiger partial charge on any atom is -0.390 e. The lowest BCUT2D eigenvalue weighted by atomic mass is 10.1. The highest BCUT2D eigenvalue weighted by Crippen LogP contribution is 2.54.